The van der Waals surface area contributed by atoms with Crippen LogP contribution in [0.25, 0.3) is 0 Å². The van der Waals surface area contributed by atoms with E-state index in [0.29, 0.717) is 16.4 Å². The molecule has 2 aromatic carbocycles. The molecule has 0 spiro atoms. The molecule has 1 heterocycles. The minimum atomic E-state index is -3.75. The largest absolute Gasteiger partial charge is 0.372 e. The molecule has 1 aliphatic rings. The highest BCUT2D eigenvalue weighted by Crippen LogP contribution is 2.31. The highest BCUT2D eigenvalue weighted by molar-refractivity contribution is 7.92. The van der Waals surface area contributed by atoms with E-state index in [1.807, 2.05) is 24.3 Å². The first kappa shape index (κ1) is 22.7. The van der Waals surface area contributed by atoms with Crippen molar-refractivity contribution in [3.8, 4) is 0 Å². The molecule has 0 unspecified atom stereocenters. The number of benzene rings is 2. The molecule has 0 radical (unpaired) electrons. The summed E-state index contributed by atoms with van der Waals surface area (Å²) in [5.41, 5.74) is 2.02. The van der Waals surface area contributed by atoms with Gasteiger partial charge < -0.3 is 10.2 Å². The lowest BCUT2D eigenvalue weighted by molar-refractivity contribution is -0.117. The number of nitrogens with zero attached hydrogens (tertiary/aromatic N) is 2. The number of halogens is 2. The lowest BCUT2D eigenvalue weighted by Gasteiger charge is -2.30. The molecule has 1 N–H and O–H groups in total. The van der Waals surface area contributed by atoms with Crippen LogP contribution in [-0.2, 0) is 14.8 Å². The van der Waals surface area contributed by atoms with Gasteiger partial charge in [-0.2, -0.15) is 0 Å². The molecular formula is C21H25Cl2N3O3S. The third kappa shape index (κ3) is 5.20. The van der Waals surface area contributed by atoms with Gasteiger partial charge in [0.05, 0.1) is 22.0 Å². The smallest absolute Gasteiger partial charge is 0.248 e. The Balaban J connectivity index is 1.82. The highest BCUT2D eigenvalue weighted by Gasteiger charge is 2.32. The molecule has 3 rings (SSSR count). The van der Waals surface area contributed by atoms with Gasteiger partial charge in [-0.3, -0.25) is 9.10 Å². The fourth-order valence-electron chi connectivity index (χ4n) is 3.64. The molecule has 1 saturated heterocycles. The average Bonchev–Trinajstić information content (AvgIpc) is 3.22. The van der Waals surface area contributed by atoms with Gasteiger partial charge in [0.1, 0.15) is 6.04 Å². The lowest BCUT2D eigenvalue weighted by atomic mass is 10.1. The first-order chi connectivity index (χ1) is 14.2. The Morgan fingerprint density at radius 2 is 1.73 bits per heavy atom. The van der Waals surface area contributed by atoms with E-state index in [2.05, 4.69) is 10.2 Å². The van der Waals surface area contributed by atoms with E-state index in [4.69, 9.17) is 23.2 Å². The van der Waals surface area contributed by atoms with Crippen LogP contribution in [-0.4, -0.2) is 39.7 Å². The van der Waals surface area contributed by atoms with E-state index in [0.717, 1.165) is 29.3 Å². The van der Waals surface area contributed by atoms with E-state index in [1.165, 1.54) is 31.0 Å². The number of nitrogens with one attached hydrogen (secondary N) is 1. The molecule has 0 bridgehead atoms. The summed E-state index contributed by atoms with van der Waals surface area (Å²) in [6, 6.07) is 11.2. The van der Waals surface area contributed by atoms with Crippen LogP contribution in [0, 0.1) is 0 Å². The minimum absolute atomic E-state index is 0.218. The van der Waals surface area contributed by atoms with Crippen LogP contribution in [0.3, 0.4) is 0 Å². The van der Waals surface area contributed by atoms with Gasteiger partial charge >= 0.3 is 0 Å². The number of carbonyl (C=O) groups excluding carboxylic acids is 1. The predicted molar refractivity (Wildman–Crippen MR) is 124 cm³/mol. The third-order valence-electron chi connectivity index (χ3n) is 5.09. The van der Waals surface area contributed by atoms with Crippen molar-refractivity contribution in [1.82, 2.24) is 0 Å². The van der Waals surface area contributed by atoms with Crippen molar-refractivity contribution >= 4 is 56.2 Å². The Morgan fingerprint density at radius 3 is 2.27 bits per heavy atom. The van der Waals surface area contributed by atoms with E-state index >= 15 is 0 Å². The van der Waals surface area contributed by atoms with Crippen LogP contribution in [0.2, 0.25) is 10.0 Å². The lowest BCUT2D eigenvalue weighted by Crippen LogP contribution is -2.47. The maximum Gasteiger partial charge on any atom is 0.248 e. The molecule has 1 amide bonds. The molecule has 1 aliphatic heterocycles. The number of rotatable bonds is 7. The van der Waals surface area contributed by atoms with E-state index in [9.17, 15) is 13.2 Å². The molecule has 2 aromatic rings. The second kappa shape index (κ2) is 9.45. The zero-order chi connectivity index (χ0) is 21.9. The van der Waals surface area contributed by atoms with Crippen LogP contribution >= 0.6 is 23.2 Å². The molecule has 1 atom stereocenters. The van der Waals surface area contributed by atoms with Gasteiger partial charge in [0.25, 0.3) is 0 Å². The maximum absolute atomic E-state index is 13.0. The molecular weight excluding hydrogens is 445 g/mol. The Hall–Kier alpha value is -1.96. The second-order valence-electron chi connectivity index (χ2n) is 7.31. The van der Waals surface area contributed by atoms with E-state index < -0.39 is 22.0 Å². The Bertz CT molecular complexity index is 1010. The standard InChI is InChI=1S/C21H25Cl2N3O3S/c1-3-20(26(30(2,28)29)17-10-11-18(22)19(23)14-17)21(27)24-15-6-8-16(9-7-15)25-12-4-5-13-25/h6-11,14,20H,3-5,12-13H2,1-2H3,(H,24,27)/t20-/m0/s1. The van der Waals surface area contributed by atoms with Crippen LogP contribution in [0.15, 0.2) is 42.5 Å². The summed E-state index contributed by atoms with van der Waals surface area (Å²) in [5, 5.41) is 3.36. The summed E-state index contributed by atoms with van der Waals surface area (Å²) < 4.78 is 26.2. The molecule has 30 heavy (non-hydrogen) atoms. The normalized spacial score (nSPS) is 15.1. The van der Waals surface area contributed by atoms with Crippen molar-refractivity contribution in [2.24, 2.45) is 0 Å². The van der Waals surface area contributed by atoms with Crippen LogP contribution in [0.5, 0.6) is 0 Å². The maximum atomic E-state index is 13.0. The summed E-state index contributed by atoms with van der Waals surface area (Å²) in [5.74, 6) is -0.414. The van der Waals surface area contributed by atoms with Gasteiger partial charge in [0, 0.05) is 24.5 Å². The third-order valence-corrected chi connectivity index (χ3v) is 7.01. The van der Waals surface area contributed by atoms with Crippen LogP contribution < -0.4 is 14.5 Å². The molecule has 9 heteroatoms. The SMILES string of the molecule is CC[C@@H](C(=O)Nc1ccc(N2CCCC2)cc1)N(c1ccc(Cl)c(Cl)c1)S(C)(=O)=O. The zero-order valence-corrected chi connectivity index (χ0v) is 19.3. The summed E-state index contributed by atoms with van der Waals surface area (Å²) in [6.45, 7) is 3.84. The minimum Gasteiger partial charge on any atom is -0.372 e. The number of hydrogen-bond acceptors (Lipinski definition) is 4. The van der Waals surface area contributed by atoms with Crippen LogP contribution in [0.4, 0.5) is 17.1 Å². The van der Waals surface area contributed by atoms with Gasteiger partial charge in [0.2, 0.25) is 15.9 Å². The van der Waals surface area contributed by atoms with Crippen LogP contribution in [0.1, 0.15) is 26.2 Å². The van der Waals surface area contributed by atoms with Crippen molar-refractivity contribution < 1.29 is 13.2 Å². The van der Waals surface area contributed by atoms with Gasteiger partial charge in [-0.25, -0.2) is 8.42 Å². The quantitative estimate of drug-likeness (QED) is 0.633. The zero-order valence-electron chi connectivity index (χ0n) is 16.9. The number of hydrogen-bond donors (Lipinski definition) is 1. The van der Waals surface area contributed by atoms with Gasteiger partial charge in [-0.15, -0.1) is 0 Å². The molecule has 1 fully saturated rings. The summed E-state index contributed by atoms with van der Waals surface area (Å²) in [7, 11) is -3.75. The van der Waals surface area contributed by atoms with Crippen molar-refractivity contribution in [2.75, 3.05) is 33.9 Å². The number of amides is 1. The summed E-state index contributed by atoms with van der Waals surface area (Å²) in [6.07, 6.45) is 3.72. The predicted octanol–water partition coefficient (Wildman–Crippen LogP) is 4.78. The highest BCUT2D eigenvalue weighted by atomic mass is 35.5. The van der Waals surface area contributed by atoms with Gasteiger partial charge in [-0.1, -0.05) is 30.1 Å². The fourth-order valence-corrected chi connectivity index (χ4v) is 5.13. The molecule has 0 aromatic heterocycles. The summed E-state index contributed by atoms with van der Waals surface area (Å²) in [4.78, 5) is 15.3. The summed E-state index contributed by atoms with van der Waals surface area (Å²) >= 11 is 12.0. The first-order valence-corrected chi connectivity index (χ1v) is 12.4. The van der Waals surface area contributed by atoms with Crippen molar-refractivity contribution in [3.63, 3.8) is 0 Å². The molecule has 0 aliphatic carbocycles. The Labute approximate surface area is 187 Å². The Kier molecular flexibility index (Phi) is 7.16. The molecule has 0 saturated carbocycles. The van der Waals surface area contributed by atoms with E-state index in [-0.39, 0.29) is 11.4 Å². The van der Waals surface area contributed by atoms with Gasteiger partial charge in [-0.05, 0) is 61.7 Å². The topological polar surface area (TPSA) is 69.7 Å². The van der Waals surface area contributed by atoms with Crippen molar-refractivity contribution in [3.05, 3.63) is 52.5 Å². The van der Waals surface area contributed by atoms with Crippen molar-refractivity contribution in [2.45, 2.75) is 32.2 Å². The monoisotopic (exact) mass is 469 g/mol. The second-order valence-corrected chi connectivity index (χ2v) is 9.99. The Morgan fingerprint density at radius 1 is 1.10 bits per heavy atom. The van der Waals surface area contributed by atoms with Crippen molar-refractivity contribution in [1.29, 1.82) is 0 Å². The number of carbonyl (C=O) groups is 1. The molecule has 6 nitrogen and oxygen atoms in total. The average molecular weight is 470 g/mol. The first-order valence-electron chi connectivity index (χ1n) is 9.81. The number of anilines is 3. The fraction of sp³-hybridized carbons (Fsp3) is 0.381. The number of sulfonamides is 1. The van der Waals surface area contributed by atoms with E-state index in [1.54, 1.807) is 6.92 Å². The van der Waals surface area contributed by atoms with Gasteiger partial charge in [0.15, 0.2) is 0 Å². The molecule has 162 valence electrons.